The maximum atomic E-state index is 5.71. The third-order valence-electron chi connectivity index (χ3n) is 3.53. The lowest BCUT2D eigenvalue weighted by Gasteiger charge is -2.11. The quantitative estimate of drug-likeness (QED) is 0.501. The van der Waals surface area contributed by atoms with E-state index < -0.39 is 0 Å². The number of ether oxygens (including phenoxy) is 4. The van der Waals surface area contributed by atoms with Crippen molar-refractivity contribution in [2.75, 3.05) is 26.4 Å². The third kappa shape index (κ3) is 6.06. The first-order valence-electron chi connectivity index (χ1n) is 8.61. The van der Waals surface area contributed by atoms with Crippen molar-refractivity contribution in [1.82, 2.24) is 0 Å². The molecular weight excluding hydrogens is 328 g/mol. The normalized spacial score (nSPS) is 10.2. The molecule has 3 aromatic rings. The fourth-order valence-electron chi connectivity index (χ4n) is 2.33. The van der Waals surface area contributed by atoms with E-state index in [0.29, 0.717) is 26.4 Å². The monoisotopic (exact) mass is 350 g/mol. The van der Waals surface area contributed by atoms with Crippen molar-refractivity contribution in [3.63, 3.8) is 0 Å². The fourth-order valence-corrected chi connectivity index (χ4v) is 2.33. The molecule has 0 heterocycles. The summed E-state index contributed by atoms with van der Waals surface area (Å²) in [7, 11) is 0. The van der Waals surface area contributed by atoms with Gasteiger partial charge in [-0.25, -0.2) is 0 Å². The Bertz CT molecular complexity index is 697. The second-order valence-corrected chi connectivity index (χ2v) is 5.49. The summed E-state index contributed by atoms with van der Waals surface area (Å²) < 4.78 is 22.6. The Morgan fingerprint density at radius 3 is 1.15 bits per heavy atom. The summed E-state index contributed by atoms with van der Waals surface area (Å²) in [5.74, 6) is 3.18. The van der Waals surface area contributed by atoms with Crippen LogP contribution in [-0.4, -0.2) is 26.4 Å². The van der Waals surface area contributed by atoms with Gasteiger partial charge in [-0.3, -0.25) is 0 Å². The molecule has 0 bridgehead atoms. The van der Waals surface area contributed by atoms with Crippen LogP contribution in [0, 0.1) is 0 Å². The molecule has 0 amide bonds. The van der Waals surface area contributed by atoms with Gasteiger partial charge in [0.2, 0.25) is 0 Å². The van der Waals surface area contributed by atoms with Gasteiger partial charge in [-0.15, -0.1) is 0 Å². The minimum Gasteiger partial charge on any atom is -0.490 e. The van der Waals surface area contributed by atoms with E-state index in [-0.39, 0.29) is 0 Å². The molecule has 0 aliphatic carbocycles. The molecule has 4 heteroatoms. The molecule has 0 aliphatic heterocycles. The Labute approximate surface area is 153 Å². The van der Waals surface area contributed by atoms with Gasteiger partial charge in [0, 0.05) is 6.07 Å². The van der Waals surface area contributed by atoms with Gasteiger partial charge in [-0.2, -0.15) is 0 Å². The topological polar surface area (TPSA) is 36.9 Å². The van der Waals surface area contributed by atoms with Crippen LogP contribution < -0.4 is 18.9 Å². The second-order valence-electron chi connectivity index (χ2n) is 5.49. The van der Waals surface area contributed by atoms with Gasteiger partial charge >= 0.3 is 0 Å². The largest absolute Gasteiger partial charge is 0.490 e. The van der Waals surface area contributed by atoms with Crippen LogP contribution in [0.4, 0.5) is 0 Å². The fraction of sp³-hybridized carbons (Fsp3) is 0.182. The van der Waals surface area contributed by atoms with Crippen LogP contribution in [0.15, 0.2) is 84.9 Å². The van der Waals surface area contributed by atoms with Crippen molar-refractivity contribution in [3.8, 4) is 23.0 Å². The number of benzene rings is 3. The summed E-state index contributed by atoms with van der Waals surface area (Å²) in [6.07, 6.45) is 0. The Morgan fingerprint density at radius 2 is 0.731 bits per heavy atom. The molecule has 0 radical (unpaired) electrons. The van der Waals surface area contributed by atoms with E-state index in [9.17, 15) is 0 Å². The van der Waals surface area contributed by atoms with Crippen LogP contribution in [0.25, 0.3) is 0 Å². The summed E-state index contributed by atoms with van der Waals surface area (Å²) >= 11 is 0. The lowest BCUT2D eigenvalue weighted by molar-refractivity contribution is 0.210. The van der Waals surface area contributed by atoms with E-state index in [1.807, 2.05) is 84.9 Å². The molecule has 0 saturated carbocycles. The van der Waals surface area contributed by atoms with Crippen LogP contribution in [0.2, 0.25) is 0 Å². The average molecular weight is 350 g/mol. The minimum atomic E-state index is 0.468. The molecule has 0 atom stereocenters. The van der Waals surface area contributed by atoms with E-state index in [2.05, 4.69) is 0 Å². The highest BCUT2D eigenvalue weighted by atomic mass is 16.5. The molecular formula is C22H22O4. The van der Waals surface area contributed by atoms with Crippen molar-refractivity contribution in [1.29, 1.82) is 0 Å². The molecule has 0 aliphatic rings. The van der Waals surface area contributed by atoms with E-state index >= 15 is 0 Å². The zero-order valence-corrected chi connectivity index (χ0v) is 14.5. The van der Waals surface area contributed by atoms with E-state index in [4.69, 9.17) is 18.9 Å². The van der Waals surface area contributed by atoms with Crippen LogP contribution in [0.1, 0.15) is 0 Å². The van der Waals surface area contributed by atoms with E-state index in [1.165, 1.54) is 0 Å². The third-order valence-corrected chi connectivity index (χ3v) is 3.53. The standard InChI is InChI=1S/C22H22O4/c1-3-8-19(9-4-1)23-14-16-25-21-12-7-13-22(18-21)26-17-15-24-20-10-5-2-6-11-20/h1-13,18H,14-17H2. The van der Waals surface area contributed by atoms with Gasteiger partial charge in [-0.1, -0.05) is 42.5 Å². The lowest BCUT2D eigenvalue weighted by atomic mass is 10.3. The molecule has 4 nitrogen and oxygen atoms in total. The summed E-state index contributed by atoms with van der Waals surface area (Å²) in [4.78, 5) is 0. The van der Waals surface area contributed by atoms with Crippen molar-refractivity contribution < 1.29 is 18.9 Å². The van der Waals surface area contributed by atoms with Gasteiger partial charge in [0.05, 0.1) is 0 Å². The predicted octanol–water partition coefficient (Wildman–Crippen LogP) is 4.60. The molecule has 0 spiro atoms. The highest BCUT2D eigenvalue weighted by molar-refractivity contribution is 5.33. The highest BCUT2D eigenvalue weighted by Gasteiger charge is 2.00. The first-order valence-corrected chi connectivity index (χ1v) is 8.61. The smallest absolute Gasteiger partial charge is 0.123 e. The van der Waals surface area contributed by atoms with Gasteiger partial charge in [0.15, 0.2) is 0 Å². The Kier molecular flexibility index (Phi) is 6.79. The SMILES string of the molecule is c1ccc(OCCOc2cccc(OCCOc3ccccc3)c2)cc1. The molecule has 26 heavy (non-hydrogen) atoms. The molecule has 0 fully saturated rings. The van der Waals surface area contributed by atoms with Crippen LogP contribution in [-0.2, 0) is 0 Å². The van der Waals surface area contributed by atoms with E-state index in [1.54, 1.807) is 0 Å². The molecule has 0 aromatic heterocycles. The summed E-state index contributed by atoms with van der Waals surface area (Å²) in [5.41, 5.74) is 0. The van der Waals surface area contributed by atoms with Crippen LogP contribution >= 0.6 is 0 Å². The first kappa shape index (κ1) is 17.7. The molecule has 0 unspecified atom stereocenters. The maximum Gasteiger partial charge on any atom is 0.123 e. The van der Waals surface area contributed by atoms with E-state index in [0.717, 1.165) is 23.0 Å². The second kappa shape index (κ2) is 9.99. The Balaban J connectivity index is 1.36. The number of hydrogen-bond acceptors (Lipinski definition) is 4. The average Bonchev–Trinajstić information content (AvgIpc) is 2.71. The van der Waals surface area contributed by atoms with Crippen LogP contribution in [0.3, 0.4) is 0 Å². The summed E-state index contributed by atoms with van der Waals surface area (Å²) in [5, 5.41) is 0. The molecule has 3 rings (SSSR count). The number of rotatable bonds is 10. The Morgan fingerprint density at radius 1 is 0.385 bits per heavy atom. The molecule has 0 saturated heterocycles. The van der Waals surface area contributed by atoms with Crippen molar-refractivity contribution >= 4 is 0 Å². The molecule has 3 aromatic carbocycles. The summed E-state index contributed by atoms with van der Waals surface area (Å²) in [6, 6.07) is 26.9. The maximum absolute atomic E-state index is 5.71. The van der Waals surface area contributed by atoms with Crippen LogP contribution in [0.5, 0.6) is 23.0 Å². The lowest BCUT2D eigenvalue weighted by Crippen LogP contribution is -2.10. The zero-order chi connectivity index (χ0) is 17.9. The molecule has 0 N–H and O–H groups in total. The van der Waals surface area contributed by atoms with Gasteiger partial charge in [0.1, 0.15) is 49.4 Å². The zero-order valence-electron chi connectivity index (χ0n) is 14.5. The van der Waals surface area contributed by atoms with Gasteiger partial charge in [-0.05, 0) is 36.4 Å². The van der Waals surface area contributed by atoms with Crippen molar-refractivity contribution in [2.45, 2.75) is 0 Å². The summed E-state index contributed by atoms with van der Waals surface area (Å²) in [6.45, 7) is 1.91. The predicted molar refractivity (Wildman–Crippen MR) is 101 cm³/mol. The first-order chi connectivity index (χ1) is 12.9. The van der Waals surface area contributed by atoms with Gasteiger partial charge in [0.25, 0.3) is 0 Å². The van der Waals surface area contributed by atoms with Crippen molar-refractivity contribution in [3.05, 3.63) is 84.9 Å². The van der Waals surface area contributed by atoms with Gasteiger partial charge < -0.3 is 18.9 Å². The minimum absolute atomic E-state index is 0.468. The Hall–Kier alpha value is -3.14. The highest BCUT2D eigenvalue weighted by Crippen LogP contribution is 2.19. The number of hydrogen-bond donors (Lipinski definition) is 0. The number of para-hydroxylation sites is 2. The molecule has 134 valence electrons. The van der Waals surface area contributed by atoms with Crippen molar-refractivity contribution in [2.24, 2.45) is 0 Å².